The molecule has 1 rings (SSSR count). The summed E-state index contributed by atoms with van der Waals surface area (Å²) < 4.78 is 5.07. The summed E-state index contributed by atoms with van der Waals surface area (Å²) in [5.74, 6) is -0.0692. The molecule has 0 radical (unpaired) electrons. The van der Waals surface area contributed by atoms with Crippen molar-refractivity contribution in [3.8, 4) is 6.07 Å². The van der Waals surface area contributed by atoms with E-state index >= 15 is 0 Å². The summed E-state index contributed by atoms with van der Waals surface area (Å²) >= 11 is 0. The van der Waals surface area contributed by atoms with Gasteiger partial charge in [0.25, 0.3) is 5.91 Å². The lowest BCUT2D eigenvalue weighted by Gasteiger charge is -2.25. The monoisotopic (exact) mass is 276 g/mol. The highest BCUT2D eigenvalue weighted by molar-refractivity contribution is 6.01. The second-order valence-corrected chi connectivity index (χ2v) is 5.80. The molecule has 1 aromatic rings. The van der Waals surface area contributed by atoms with Gasteiger partial charge in [-0.2, -0.15) is 5.26 Å². The number of nitrogens with zero attached hydrogens (tertiary/aromatic N) is 1. The first kappa shape index (κ1) is 16.0. The maximum atomic E-state index is 12.0. The summed E-state index contributed by atoms with van der Waals surface area (Å²) in [5, 5.41) is 21.0. The zero-order valence-corrected chi connectivity index (χ0v) is 12.0. The number of aliphatic hydroxyl groups excluding tert-OH is 1. The minimum atomic E-state index is -0.507. The Hall–Kier alpha value is -2.06. The van der Waals surface area contributed by atoms with E-state index in [4.69, 9.17) is 9.68 Å². The van der Waals surface area contributed by atoms with Crippen LogP contribution in [-0.4, -0.2) is 23.7 Å². The van der Waals surface area contributed by atoms with Crippen molar-refractivity contribution in [1.82, 2.24) is 5.32 Å². The minimum Gasteiger partial charge on any atom is -0.465 e. The highest BCUT2D eigenvalue weighted by atomic mass is 16.3. The summed E-state index contributed by atoms with van der Waals surface area (Å²) in [7, 11) is 0. The Morgan fingerprint density at radius 3 is 2.75 bits per heavy atom. The van der Waals surface area contributed by atoms with Crippen LogP contribution in [-0.2, 0) is 4.79 Å². The van der Waals surface area contributed by atoms with Crippen LogP contribution in [0.5, 0.6) is 0 Å². The molecule has 0 aliphatic carbocycles. The van der Waals surface area contributed by atoms with Crippen molar-refractivity contribution >= 4 is 12.0 Å². The average Bonchev–Trinajstić information content (AvgIpc) is 2.86. The number of carbonyl (C=O) groups is 1. The van der Waals surface area contributed by atoms with Crippen molar-refractivity contribution in [3.05, 3.63) is 29.7 Å². The van der Waals surface area contributed by atoms with Gasteiger partial charge in [0.2, 0.25) is 0 Å². The maximum Gasteiger partial charge on any atom is 0.262 e. The lowest BCUT2D eigenvalue weighted by atomic mass is 9.88. The van der Waals surface area contributed by atoms with E-state index in [2.05, 4.69) is 5.32 Å². The van der Waals surface area contributed by atoms with Gasteiger partial charge in [-0.25, -0.2) is 0 Å². The van der Waals surface area contributed by atoms with Crippen LogP contribution in [0.25, 0.3) is 6.08 Å². The van der Waals surface area contributed by atoms with E-state index in [9.17, 15) is 9.90 Å². The lowest BCUT2D eigenvalue weighted by molar-refractivity contribution is -0.118. The number of nitrogens with one attached hydrogen (secondary N) is 1. The van der Waals surface area contributed by atoms with Crippen molar-refractivity contribution in [2.75, 3.05) is 6.61 Å². The fraction of sp³-hybridized carbons (Fsp3) is 0.467. The molecule has 2 N–H and O–H groups in total. The van der Waals surface area contributed by atoms with Crippen LogP contribution >= 0.6 is 0 Å². The van der Waals surface area contributed by atoms with Crippen molar-refractivity contribution < 1.29 is 14.3 Å². The number of hydrogen-bond acceptors (Lipinski definition) is 4. The second-order valence-electron chi connectivity index (χ2n) is 5.80. The first-order valence-corrected chi connectivity index (χ1v) is 6.43. The van der Waals surface area contributed by atoms with Gasteiger partial charge in [-0.05, 0) is 24.0 Å². The smallest absolute Gasteiger partial charge is 0.262 e. The summed E-state index contributed by atoms with van der Waals surface area (Å²) in [5.41, 5.74) is -0.0783. The van der Waals surface area contributed by atoms with Crippen LogP contribution in [0.3, 0.4) is 0 Å². The van der Waals surface area contributed by atoms with Crippen molar-refractivity contribution in [2.24, 2.45) is 5.41 Å². The molecule has 0 aliphatic rings. The molecule has 1 unspecified atom stereocenters. The number of amides is 1. The molecule has 1 aromatic heterocycles. The highest BCUT2D eigenvalue weighted by Gasteiger charge is 2.21. The van der Waals surface area contributed by atoms with E-state index in [1.807, 2.05) is 26.8 Å². The molecular weight excluding hydrogens is 256 g/mol. The summed E-state index contributed by atoms with van der Waals surface area (Å²) in [4.78, 5) is 12.0. The average molecular weight is 276 g/mol. The fourth-order valence-electron chi connectivity index (χ4n) is 1.83. The molecule has 0 saturated heterocycles. The first-order valence-electron chi connectivity index (χ1n) is 6.43. The van der Waals surface area contributed by atoms with Crippen molar-refractivity contribution in [3.63, 3.8) is 0 Å². The fourth-order valence-corrected chi connectivity index (χ4v) is 1.83. The molecule has 0 aliphatic heterocycles. The van der Waals surface area contributed by atoms with Gasteiger partial charge in [0.05, 0.1) is 18.9 Å². The third-order valence-electron chi connectivity index (χ3n) is 2.61. The zero-order valence-electron chi connectivity index (χ0n) is 12.0. The zero-order chi connectivity index (χ0) is 15.2. The van der Waals surface area contributed by atoms with Gasteiger partial charge in [0.15, 0.2) is 0 Å². The van der Waals surface area contributed by atoms with E-state index in [1.165, 1.54) is 12.3 Å². The Morgan fingerprint density at radius 2 is 2.30 bits per heavy atom. The molecule has 20 heavy (non-hydrogen) atoms. The number of furan rings is 1. The molecule has 0 spiro atoms. The van der Waals surface area contributed by atoms with Gasteiger partial charge in [0, 0.05) is 6.08 Å². The van der Waals surface area contributed by atoms with Crippen LogP contribution in [0.2, 0.25) is 0 Å². The molecule has 5 nitrogen and oxygen atoms in total. The molecule has 0 fully saturated rings. The summed E-state index contributed by atoms with van der Waals surface area (Å²) in [6, 6.07) is 4.79. The van der Waals surface area contributed by atoms with Gasteiger partial charge in [-0.1, -0.05) is 20.8 Å². The Labute approximate surface area is 118 Å². The number of rotatable bonds is 5. The van der Waals surface area contributed by atoms with E-state index in [-0.39, 0.29) is 23.6 Å². The molecule has 0 bridgehead atoms. The Morgan fingerprint density at radius 1 is 1.60 bits per heavy atom. The second kappa shape index (κ2) is 6.92. The van der Waals surface area contributed by atoms with Crippen molar-refractivity contribution in [1.29, 1.82) is 5.26 Å². The topological polar surface area (TPSA) is 86.3 Å². The number of aliphatic hydroxyl groups is 1. The van der Waals surface area contributed by atoms with Gasteiger partial charge in [-0.15, -0.1) is 0 Å². The van der Waals surface area contributed by atoms with Crippen LogP contribution in [0.1, 0.15) is 33.0 Å². The molecule has 0 saturated carbocycles. The molecule has 5 heteroatoms. The van der Waals surface area contributed by atoms with Gasteiger partial charge >= 0.3 is 0 Å². The first-order chi connectivity index (χ1) is 9.35. The third-order valence-corrected chi connectivity index (χ3v) is 2.61. The van der Waals surface area contributed by atoms with E-state index in [0.717, 1.165) is 0 Å². The van der Waals surface area contributed by atoms with E-state index in [0.29, 0.717) is 12.2 Å². The van der Waals surface area contributed by atoms with Crippen LogP contribution < -0.4 is 5.32 Å². The normalized spacial score (nSPS) is 13.7. The Kier molecular flexibility index (Phi) is 5.53. The predicted molar refractivity (Wildman–Crippen MR) is 75.4 cm³/mol. The summed E-state index contributed by atoms with van der Waals surface area (Å²) in [6.45, 7) is 5.89. The van der Waals surface area contributed by atoms with Crippen LogP contribution in [0, 0.1) is 16.7 Å². The van der Waals surface area contributed by atoms with Gasteiger partial charge < -0.3 is 14.8 Å². The largest absolute Gasteiger partial charge is 0.465 e. The predicted octanol–water partition coefficient (Wildman–Crippen LogP) is 2.10. The quantitative estimate of drug-likeness (QED) is 0.637. The molecule has 1 amide bonds. The summed E-state index contributed by atoms with van der Waals surface area (Å²) in [6.07, 6.45) is 3.46. The van der Waals surface area contributed by atoms with Gasteiger partial charge in [-0.3, -0.25) is 4.79 Å². The molecule has 0 aromatic carbocycles. The Balaban J connectivity index is 2.75. The van der Waals surface area contributed by atoms with Crippen molar-refractivity contribution in [2.45, 2.75) is 33.2 Å². The molecule has 1 atom stereocenters. The SMILES string of the molecule is CC(C)(C)CC(CO)NC(=O)/C(C#N)=C/c1ccco1. The molecular formula is C15H20N2O3. The number of nitriles is 1. The number of hydrogen-bond donors (Lipinski definition) is 2. The third kappa shape index (κ3) is 5.29. The van der Waals surface area contributed by atoms with E-state index < -0.39 is 5.91 Å². The standard InChI is InChI=1S/C15H20N2O3/c1-15(2,3)8-12(10-18)17-14(19)11(9-16)7-13-5-4-6-20-13/h4-7,12,18H,8,10H2,1-3H3,(H,17,19)/b11-7+. The maximum absolute atomic E-state index is 12.0. The molecule has 1 heterocycles. The van der Waals surface area contributed by atoms with Gasteiger partial charge in [0.1, 0.15) is 17.4 Å². The van der Waals surface area contributed by atoms with Crippen LogP contribution in [0.15, 0.2) is 28.4 Å². The Bertz CT molecular complexity index is 504. The number of carbonyl (C=O) groups excluding carboxylic acids is 1. The lowest BCUT2D eigenvalue weighted by Crippen LogP contribution is -2.40. The van der Waals surface area contributed by atoms with Crippen LogP contribution in [0.4, 0.5) is 0 Å². The minimum absolute atomic E-state index is 0.0296. The van der Waals surface area contributed by atoms with E-state index in [1.54, 1.807) is 12.1 Å². The highest BCUT2D eigenvalue weighted by Crippen LogP contribution is 2.20. The molecule has 108 valence electrons.